The van der Waals surface area contributed by atoms with E-state index in [1.54, 1.807) is 24.3 Å². The van der Waals surface area contributed by atoms with Crippen molar-refractivity contribution in [3.8, 4) is 5.75 Å². The van der Waals surface area contributed by atoms with Crippen LogP contribution in [0.3, 0.4) is 0 Å². The van der Waals surface area contributed by atoms with Gasteiger partial charge in [-0.1, -0.05) is 42.5 Å². The van der Waals surface area contributed by atoms with Gasteiger partial charge in [0.1, 0.15) is 24.1 Å². The van der Waals surface area contributed by atoms with Crippen LogP contribution in [0.1, 0.15) is 17.5 Å². The average Bonchev–Trinajstić information content (AvgIpc) is 3.01. The summed E-state index contributed by atoms with van der Waals surface area (Å²) in [6.07, 6.45) is -10.1. The predicted octanol–water partition coefficient (Wildman–Crippen LogP) is 5.30. The highest BCUT2D eigenvalue weighted by Gasteiger charge is 2.50. The van der Waals surface area contributed by atoms with Crippen LogP contribution in [-0.4, -0.2) is 63.4 Å². The highest BCUT2D eigenvalue weighted by molar-refractivity contribution is 14.1. The minimum Gasteiger partial charge on any atom is -0.461 e. The fourth-order valence-corrected chi connectivity index (χ4v) is 5.75. The van der Waals surface area contributed by atoms with Crippen molar-refractivity contribution in [2.75, 3.05) is 13.2 Å². The minimum absolute atomic E-state index is 0.0111. The molecule has 4 rings (SSSR count). The van der Waals surface area contributed by atoms with Crippen LogP contribution in [0.15, 0.2) is 96.4 Å². The minimum atomic E-state index is -4.78. The van der Waals surface area contributed by atoms with Crippen molar-refractivity contribution in [3.05, 3.63) is 106 Å². The van der Waals surface area contributed by atoms with Gasteiger partial charge in [0.15, 0.2) is 6.10 Å². The summed E-state index contributed by atoms with van der Waals surface area (Å²) in [7, 11) is -4.72. The lowest BCUT2D eigenvalue weighted by molar-refractivity contribution is -0.287. The molecule has 1 N–H and O–H groups in total. The Balaban J connectivity index is 1.56. The predicted molar refractivity (Wildman–Crippen MR) is 164 cm³/mol. The van der Waals surface area contributed by atoms with Gasteiger partial charge in [0, 0.05) is 9.99 Å². The first kappa shape index (κ1) is 34.8. The van der Waals surface area contributed by atoms with E-state index in [2.05, 4.69) is 29.2 Å². The van der Waals surface area contributed by atoms with Crippen LogP contribution < -0.4 is 4.74 Å². The van der Waals surface area contributed by atoms with Gasteiger partial charge in [-0.05, 0) is 77.0 Å². The molecule has 1 fully saturated rings. The van der Waals surface area contributed by atoms with E-state index in [0.29, 0.717) is 18.2 Å². The number of hydrogen-bond donors (Lipinski definition) is 1. The van der Waals surface area contributed by atoms with Crippen molar-refractivity contribution in [1.29, 1.82) is 0 Å². The van der Waals surface area contributed by atoms with Crippen LogP contribution in [0.4, 0.5) is 13.2 Å². The molecule has 45 heavy (non-hydrogen) atoms. The summed E-state index contributed by atoms with van der Waals surface area (Å²) in [5.41, 5.74) is -0.276. The number of aryl methyl sites for hydroxylation is 1. The largest absolute Gasteiger partial charge is 0.461 e. The molecule has 0 aliphatic carbocycles. The van der Waals surface area contributed by atoms with Crippen LogP contribution in [0, 0.1) is 3.57 Å². The Morgan fingerprint density at radius 2 is 1.73 bits per heavy atom. The van der Waals surface area contributed by atoms with Crippen LogP contribution in [0.2, 0.25) is 0 Å². The topological polar surface area (TPSA) is 118 Å². The molecule has 0 aromatic heterocycles. The highest BCUT2D eigenvalue weighted by atomic mass is 127. The van der Waals surface area contributed by atoms with Crippen molar-refractivity contribution >= 4 is 38.7 Å². The van der Waals surface area contributed by atoms with Crippen molar-refractivity contribution < 1.29 is 54.6 Å². The van der Waals surface area contributed by atoms with Gasteiger partial charge in [0.25, 0.3) is 10.1 Å². The summed E-state index contributed by atoms with van der Waals surface area (Å²) in [4.78, 5) is 12.2. The van der Waals surface area contributed by atoms with Crippen LogP contribution in [-0.2, 0) is 45.9 Å². The quantitative estimate of drug-likeness (QED) is 0.107. The van der Waals surface area contributed by atoms with E-state index < -0.39 is 70.0 Å². The maximum atomic E-state index is 13.2. The average molecular weight is 763 g/mol. The molecule has 0 unspecified atom stereocenters. The van der Waals surface area contributed by atoms with Crippen molar-refractivity contribution in [1.82, 2.24) is 0 Å². The fourth-order valence-electron chi connectivity index (χ4n) is 4.42. The standard InChI is InChI=1S/C31H30F3IO9S/c1-2-17-40-28-27(37)25(19-41-45(38,39)24-10-6-9-21(18-24)31(32,33)34)43-30(42-23-14-12-22(35)13-15-23)29(28)44-26(36)16-11-20-7-4-3-5-8-20/h2-10,12-15,18,25,27-30,37H,1,11,16-17,19H2/t25-,27-,28+,29-,30-/m1/s1. The summed E-state index contributed by atoms with van der Waals surface area (Å²) < 4.78 is 94.6. The number of benzene rings is 3. The van der Waals surface area contributed by atoms with E-state index in [-0.39, 0.29) is 13.0 Å². The Bertz CT molecular complexity index is 1540. The second kappa shape index (κ2) is 15.5. The number of rotatable bonds is 13. The summed E-state index contributed by atoms with van der Waals surface area (Å²) >= 11 is 2.10. The van der Waals surface area contributed by atoms with Crippen LogP contribution >= 0.6 is 22.6 Å². The Hall–Kier alpha value is -3.02. The van der Waals surface area contributed by atoms with Gasteiger partial charge in [-0.25, -0.2) is 0 Å². The third-order valence-corrected chi connectivity index (χ3v) is 8.65. The zero-order valence-electron chi connectivity index (χ0n) is 23.6. The van der Waals surface area contributed by atoms with Gasteiger partial charge >= 0.3 is 12.1 Å². The van der Waals surface area contributed by atoms with Gasteiger partial charge in [0.05, 0.1) is 23.7 Å². The number of halogens is 4. The van der Waals surface area contributed by atoms with Gasteiger partial charge in [0.2, 0.25) is 6.29 Å². The zero-order valence-corrected chi connectivity index (χ0v) is 26.6. The number of aliphatic hydroxyl groups excluding tert-OH is 1. The van der Waals surface area contributed by atoms with E-state index >= 15 is 0 Å². The summed E-state index contributed by atoms with van der Waals surface area (Å²) in [6.45, 7) is 2.68. The lowest BCUT2D eigenvalue weighted by atomic mass is 9.98. The molecule has 0 saturated carbocycles. The van der Waals surface area contributed by atoms with Gasteiger partial charge in [-0.2, -0.15) is 21.6 Å². The normalized spacial score (nSPS) is 22.0. The summed E-state index contributed by atoms with van der Waals surface area (Å²) in [6, 6.07) is 19.1. The molecule has 0 amide bonds. The Morgan fingerprint density at radius 1 is 1.02 bits per heavy atom. The molecule has 0 radical (unpaired) electrons. The molecular weight excluding hydrogens is 732 g/mol. The van der Waals surface area contributed by atoms with Gasteiger partial charge < -0.3 is 24.1 Å². The Labute approximate surface area is 272 Å². The molecule has 1 aliphatic heterocycles. The molecule has 3 aromatic carbocycles. The maximum Gasteiger partial charge on any atom is 0.416 e. The summed E-state index contributed by atoms with van der Waals surface area (Å²) in [5, 5.41) is 11.2. The third kappa shape index (κ3) is 9.73. The van der Waals surface area contributed by atoms with E-state index in [4.69, 9.17) is 23.1 Å². The zero-order chi connectivity index (χ0) is 32.6. The first-order valence-electron chi connectivity index (χ1n) is 13.7. The van der Waals surface area contributed by atoms with E-state index in [1.165, 1.54) is 6.08 Å². The first-order chi connectivity index (χ1) is 21.4. The molecule has 9 nitrogen and oxygen atoms in total. The molecule has 14 heteroatoms. The first-order valence-corrected chi connectivity index (χ1v) is 16.1. The SMILES string of the molecule is C=CCO[C@H]1[C@H](O)[C@@H](COS(=O)(=O)c2cccc(C(F)(F)F)c2)O[C@@H](Oc2ccc(I)cc2)[C@@H]1OC(=O)CCc1ccccc1. The lowest BCUT2D eigenvalue weighted by Crippen LogP contribution is -2.62. The fraction of sp³-hybridized carbons (Fsp3) is 0.323. The lowest BCUT2D eigenvalue weighted by Gasteiger charge is -2.43. The third-order valence-electron chi connectivity index (χ3n) is 6.66. The van der Waals surface area contributed by atoms with Crippen LogP contribution in [0.25, 0.3) is 0 Å². The smallest absolute Gasteiger partial charge is 0.416 e. The van der Waals surface area contributed by atoms with E-state index in [1.807, 2.05) is 30.3 Å². The highest BCUT2D eigenvalue weighted by Crippen LogP contribution is 2.32. The Kier molecular flexibility index (Phi) is 12.0. The molecule has 0 bridgehead atoms. The number of carbonyl (C=O) groups is 1. The Morgan fingerprint density at radius 3 is 2.40 bits per heavy atom. The molecule has 3 aromatic rings. The molecule has 242 valence electrons. The van der Waals surface area contributed by atoms with Crippen molar-refractivity contribution in [2.45, 2.75) is 54.6 Å². The van der Waals surface area contributed by atoms with Crippen molar-refractivity contribution in [2.24, 2.45) is 0 Å². The molecule has 1 heterocycles. The second-order valence-corrected chi connectivity index (χ2v) is 12.8. The molecule has 1 aliphatic rings. The number of aliphatic hydroxyl groups is 1. The second-order valence-electron chi connectivity index (χ2n) is 9.90. The number of esters is 1. The summed E-state index contributed by atoms with van der Waals surface area (Å²) in [5.74, 6) is -0.328. The van der Waals surface area contributed by atoms with Crippen molar-refractivity contribution in [3.63, 3.8) is 0 Å². The molecule has 1 saturated heterocycles. The van der Waals surface area contributed by atoms with E-state index in [9.17, 15) is 31.5 Å². The number of carbonyl (C=O) groups excluding carboxylic acids is 1. The monoisotopic (exact) mass is 762 g/mol. The van der Waals surface area contributed by atoms with E-state index in [0.717, 1.165) is 27.3 Å². The molecular formula is C31H30F3IO9S. The van der Waals surface area contributed by atoms with Crippen LogP contribution in [0.5, 0.6) is 5.75 Å². The number of hydrogen-bond acceptors (Lipinski definition) is 9. The van der Waals surface area contributed by atoms with Gasteiger partial charge in [-0.15, -0.1) is 6.58 Å². The number of alkyl halides is 3. The maximum absolute atomic E-state index is 13.2. The molecule has 5 atom stereocenters. The number of ether oxygens (including phenoxy) is 4. The molecule has 0 spiro atoms. The van der Waals surface area contributed by atoms with Gasteiger partial charge in [-0.3, -0.25) is 8.98 Å².